The van der Waals surface area contributed by atoms with E-state index >= 15 is 0 Å². The van der Waals surface area contributed by atoms with Crippen molar-refractivity contribution in [3.63, 3.8) is 0 Å². The molecule has 0 spiro atoms. The van der Waals surface area contributed by atoms with Crippen molar-refractivity contribution in [2.75, 3.05) is 5.32 Å². The predicted octanol–water partition coefficient (Wildman–Crippen LogP) is 3.96. The topological polar surface area (TPSA) is 55.4 Å². The number of carbonyl (C=O) groups excluding carboxylic acids is 2. The number of nitrogens with one attached hydrogen (secondary N) is 1. The second-order valence-corrected chi connectivity index (χ2v) is 4.99. The molecular weight excluding hydrogens is 323 g/mol. The summed E-state index contributed by atoms with van der Waals surface area (Å²) < 4.78 is 40.1. The fourth-order valence-electron chi connectivity index (χ4n) is 2.30. The van der Waals surface area contributed by atoms with Crippen LogP contribution in [0.15, 0.2) is 60.3 Å². The van der Waals surface area contributed by atoms with Crippen molar-refractivity contribution >= 4 is 17.3 Å². The standard InChI is InChI=1S/C17H10F3NO3/c18-17(19,20)24-11-7-5-10(6-8-11)21-14-9-15(22)12-3-1-2-4-13(12)16(14)23/h1-9,21H. The Labute approximate surface area is 134 Å². The predicted molar refractivity (Wildman–Crippen MR) is 79.9 cm³/mol. The summed E-state index contributed by atoms with van der Waals surface area (Å²) in [6, 6.07) is 11.3. The number of ketones is 2. The number of Topliss-reactive ketones (excluding diaryl/α,β-unsaturated/α-hetero) is 1. The van der Waals surface area contributed by atoms with E-state index < -0.39 is 6.36 Å². The SMILES string of the molecule is O=C1C=C(Nc2ccc(OC(F)(F)F)cc2)C(=O)c2ccccc21. The fourth-order valence-corrected chi connectivity index (χ4v) is 2.30. The molecule has 0 aromatic heterocycles. The van der Waals surface area contributed by atoms with Crippen LogP contribution in [0.3, 0.4) is 0 Å². The van der Waals surface area contributed by atoms with Crippen LogP contribution in [-0.4, -0.2) is 17.9 Å². The summed E-state index contributed by atoms with van der Waals surface area (Å²) in [6.45, 7) is 0. The van der Waals surface area contributed by atoms with Gasteiger partial charge in [-0.25, -0.2) is 0 Å². The summed E-state index contributed by atoms with van der Waals surface area (Å²) in [6.07, 6.45) is -3.60. The first-order valence-corrected chi connectivity index (χ1v) is 6.86. The number of rotatable bonds is 3. The molecule has 122 valence electrons. The molecule has 0 saturated carbocycles. The Kier molecular flexibility index (Phi) is 3.84. The average molecular weight is 333 g/mol. The van der Waals surface area contributed by atoms with Gasteiger partial charge in [-0.2, -0.15) is 0 Å². The van der Waals surface area contributed by atoms with Crippen molar-refractivity contribution in [1.82, 2.24) is 0 Å². The van der Waals surface area contributed by atoms with Gasteiger partial charge in [0.15, 0.2) is 5.78 Å². The molecule has 1 aliphatic rings. The largest absolute Gasteiger partial charge is 0.573 e. The monoisotopic (exact) mass is 333 g/mol. The lowest BCUT2D eigenvalue weighted by molar-refractivity contribution is -0.274. The third-order valence-electron chi connectivity index (χ3n) is 3.32. The molecule has 2 aromatic rings. The lowest BCUT2D eigenvalue weighted by Gasteiger charge is -2.16. The molecule has 24 heavy (non-hydrogen) atoms. The van der Waals surface area contributed by atoms with Crippen LogP contribution in [0.1, 0.15) is 20.7 Å². The molecule has 0 amide bonds. The number of ether oxygens (including phenoxy) is 1. The minimum atomic E-state index is -4.77. The smallest absolute Gasteiger partial charge is 0.406 e. The summed E-state index contributed by atoms with van der Waals surface area (Å²) in [7, 11) is 0. The van der Waals surface area contributed by atoms with Crippen LogP contribution in [0, 0.1) is 0 Å². The van der Waals surface area contributed by atoms with Gasteiger partial charge in [-0.3, -0.25) is 9.59 Å². The highest BCUT2D eigenvalue weighted by atomic mass is 19.4. The van der Waals surface area contributed by atoms with E-state index in [1.54, 1.807) is 24.3 Å². The van der Waals surface area contributed by atoms with Gasteiger partial charge in [-0.1, -0.05) is 24.3 Å². The Morgan fingerprint density at radius 3 is 2.12 bits per heavy atom. The number of hydrogen-bond donors (Lipinski definition) is 1. The Bertz CT molecular complexity index is 839. The number of halogens is 3. The van der Waals surface area contributed by atoms with Crippen molar-refractivity contribution in [3.8, 4) is 5.75 Å². The van der Waals surface area contributed by atoms with Gasteiger partial charge in [0, 0.05) is 22.9 Å². The molecule has 0 heterocycles. The van der Waals surface area contributed by atoms with E-state index in [0.717, 1.165) is 12.1 Å². The second kappa shape index (κ2) is 5.84. The zero-order valence-corrected chi connectivity index (χ0v) is 12.1. The molecule has 1 N–H and O–H groups in total. The summed E-state index contributed by atoms with van der Waals surface area (Å²) in [5.41, 5.74) is 1.02. The fraction of sp³-hybridized carbons (Fsp3) is 0.0588. The maximum absolute atomic E-state index is 12.4. The minimum Gasteiger partial charge on any atom is -0.406 e. The number of alkyl halides is 3. The molecule has 0 aliphatic heterocycles. The van der Waals surface area contributed by atoms with Crippen LogP contribution in [0.25, 0.3) is 0 Å². The molecule has 7 heteroatoms. The van der Waals surface area contributed by atoms with Crippen LogP contribution in [0.2, 0.25) is 0 Å². The number of carbonyl (C=O) groups is 2. The van der Waals surface area contributed by atoms with Crippen molar-refractivity contribution in [2.45, 2.75) is 6.36 Å². The summed E-state index contributed by atoms with van der Waals surface area (Å²) in [5, 5.41) is 2.75. The number of allylic oxidation sites excluding steroid dienone is 2. The van der Waals surface area contributed by atoms with Gasteiger partial charge in [0.25, 0.3) is 0 Å². The Morgan fingerprint density at radius 2 is 1.50 bits per heavy atom. The van der Waals surface area contributed by atoms with Gasteiger partial charge < -0.3 is 10.1 Å². The highest BCUT2D eigenvalue weighted by Crippen LogP contribution is 2.26. The number of anilines is 1. The molecule has 3 rings (SSSR count). The molecule has 0 saturated heterocycles. The second-order valence-electron chi connectivity index (χ2n) is 4.99. The average Bonchev–Trinajstić information content (AvgIpc) is 2.53. The van der Waals surface area contributed by atoms with Crippen molar-refractivity contribution in [2.24, 2.45) is 0 Å². The Hall–Kier alpha value is -3.09. The van der Waals surface area contributed by atoms with E-state index in [4.69, 9.17) is 0 Å². The zero-order valence-electron chi connectivity index (χ0n) is 12.1. The normalized spacial score (nSPS) is 14.0. The lowest BCUT2D eigenvalue weighted by atomic mass is 9.92. The van der Waals surface area contributed by atoms with Gasteiger partial charge in [-0.05, 0) is 24.3 Å². The molecule has 0 atom stereocenters. The highest BCUT2D eigenvalue weighted by Gasteiger charge is 2.31. The van der Waals surface area contributed by atoms with E-state index in [-0.39, 0.29) is 28.6 Å². The lowest BCUT2D eigenvalue weighted by Crippen LogP contribution is -2.21. The Balaban J connectivity index is 1.80. The number of benzene rings is 2. The van der Waals surface area contributed by atoms with E-state index in [0.29, 0.717) is 11.3 Å². The third-order valence-corrected chi connectivity index (χ3v) is 3.32. The zero-order chi connectivity index (χ0) is 17.3. The van der Waals surface area contributed by atoms with Crippen LogP contribution >= 0.6 is 0 Å². The highest BCUT2D eigenvalue weighted by molar-refractivity contribution is 6.25. The molecule has 0 unspecified atom stereocenters. The van der Waals surface area contributed by atoms with Gasteiger partial charge in [-0.15, -0.1) is 13.2 Å². The van der Waals surface area contributed by atoms with Crippen molar-refractivity contribution in [1.29, 1.82) is 0 Å². The van der Waals surface area contributed by atoms with E-state index in [1.807, 2.05) is 0 Å². The Morgan fingerprint density at radius 1 is 0.875 bits per heavy atom. The van der Waals surface area contributed by atoms with Crippen LogP contribution in [0.5, 0.6) is 5.75 Å². The number of fused-ring (bicyclic) bond motifs is 1. The van der Waals surface area contributed by atoms with Crippen LogP contribution in [-0.2, 0) is 0 Å². The molecule has 0 bridgehead atoms. The first-order chi connectivity index (χ1) is 11.3. The van der Waals surface area contributed by atoms with E-state index in [1.165, 1.54) is 18.2 Å². The van der Waals surface area contributed by atoms with Gasteiger partial charge in [0.1, 0.15) is 5.75 Å². The van der Waals surface area contributed by atoms with E-state index in [9.17, 15) is 22.8 Å². The summed E-state index contributed by atoms with van der Waals surface area (Å²) >= 11 is 0. The minimum absolute atomic E-state index is 0.0585. The molecule has 0 radical (unpaired) electrons. The van der Waals surface area contributed by atoms with Gasteiger partial charge in [0.2, 0.25) is 5.78 Å². The third kappa shape index (κ3) is 3.29. The van der Waals surface area contributed by atoms with Crippen LogP contribution < -0.4 is 10.1 Å². The maximum atomic E-state index is 12.4. The number of hydrogen-bond acceptors (Lipinski definition) is 4. The van der Waals surface area contributed by atoms with Gasteiger partial charge >= 0.3 is 6.36 Å². The van der Waals surface area contributed by atoms with Gasteiger partial charge in [0.05, 0.1) is 5.70 Å². The first kappa shape index (κ1) is 15.8. The molecule has 2 aromatic carbocycles. The molecule has 0 fully saturated rings. The van der Waals surface area contributed by atoms with Crippen LogP contribution in [0.4, 0.5) is 18.9 Å². The molecule has 4 nitrogen and oxygen atoms in total. The summed E-state index contributed by atoms with van der Waals surface area (Å²) in [4.78, 5) is 24.4. The van der Waals surface area contributed by atoms with Crippen molar-refractivity contribution < 1.29 is 27.5 Å². The summed E-state index contributed by atoms with van der Waals surface area (Å²) in [5.74, 6) is -1.05. The molecule has 1 aliphatic carbocycles. The van der Waals surface area contributed by atoms with Crippen molar-refractivity contribution in [3.05, 3.63) is 71.4 Å². The first-order valence-electron chi connectivity index (χ1n) is 6.86. The quantitative estimate of drug-likeness (QED) is 0.924. The molecular formula is C17H10F3NO3. The van der Waals surface area contributed by atoms with E-state index in [2.05, 4.69) is 10.1 Å². The maximum Gasteiger partial charge on any atom is 0.573 e.